The van der Waals surface area contributed by atoms with Crippen LogP contribution in [0.15, 0.2) is 47.6 Å². The number of aliphatic hydroxyl groups excluding tert-OH is 2. The van der Waals surface area contributed by atoms with Gasteiger partial charge in [-0.05, 0) is 36.8 Å². The molecule has 1 aliphatic heterocycles. The zero-order valence-corrected chi connectivity index (χ0v) is 13.3. The summed E-state index contributed by atoms with van der Waals surface area (Å²) in [6, 6.07) is 8.25. The minimum Gasteiger partial charge on any atom is -0.396 e. The van der Waals surface area contributed by atoms with Crippen molar-refractivity contribution in [3.63, 3.8) is 0 Å². The van der Waals surface area contributed by atoms with E-state index in [1.54, 1.807) is 35.3 Å². The van der Waals surface area contributed by atoms with Crippen molar-refractivity contribution < 1.29 is 18.6 Å². The Balaban J connectivity index is 1.80. The largest absolute Gasteiger partial charge is 0.396 e. The van der Waals surface area contributed by atoms with E-state index in [0.29, 0.717) is 13.0 Å². The maximum Gasteiger partial charge on any atom is 0.243 e. The van der Waals surface area contributed by atoms with Crippen LogP contribution in [0.2, 0.25) is 0 Å². The normalized spacial score (nSPS) is 23.0. The number of rotatable bonds is 4. The van der Waals surface area contributed by atoms with Gasteiger partial charge in [-0.15, -0.1) is 0 Å². The molecule has 2 aromatic rings. The Labute approximate surface area is 134 Å². The molecule has 2 heterocycles. The predicted octanol–water partition coefficient (Wildman–Crippen LogP) is 0.236. The Kier molecular flexibility index (Phi) is 4.49. The summed E-state index contributed by atoms with van der Waals surface area (Å²) in [5.41, 5.74) is 0.771. The fraction of sp³-hybridized carbons (Fsp3) is 0.400. The van der Waals surface area contributed by atoms with E-state index in [2.05, 4.69) is 5.10 Å². The van der Waals surface area contributed by atoms with Gasteiger partial charge < -0.3 is 10.2 Å². The third-order valence-corrected chi connectivity index (χ3v) is 6.04. The van der Waals surface area contributed by atoms with E-state index in [1.165, 1.54) is 16.4 Å². The maximum atomic E-state index is 12.7. The molecule has 2 atom stereocenters. The second kappa shape index (κ2) is 6.40. The Morgan fingerprint density at radius 1 is 1.26 bits per heavy atom. The van der Waals surface area contributed by atoms with Gasteiger partial charge in [0, 0.05) is 38.0 Å². The minimum absolute atomic E-state index is 0.00840. The first-order valence-electron chi connectivity index (χ1n) is 7.41. The lowest BCUT2D eigenvalue weighted by Crippen LogP contribution is -2.47. The van der Waals surface area contributed by atoms with Gasteiger partial charge in [0.2, 0.25) is 10.0 Å². The lowest BCUT2D eigenvalue weighted by atomic mass is 9.96. The number of aliphatic hydroxyl groups is 2. The zero-order valence-electron chi connectivity index (χ0n) is 12.5. The van der Waals surface area contributed by atoms with Crippen LogP contribution >= 0.6 is 0 Å². The number of hydrogen-bond acceptors (Lipinski definition) is 5. The van der Waals surface area contributed by atoms with E-state index >= 15 is 0 Å². The van der Waals surface area contributed by atoms with Gasteiger partial charge in [-0.2, -0.15) is 9.40 Å². The quantitative estimate of drug-likeness (QED) is 0.833. The zero-order chi connectivity index (χ0) is 16.4. The Morgan fingerprint density at radius 2 is 2.00 bits per heavy atom. The maximum absolute atomic E-state index is 12.7. The first kappa shape index (κ1) is 16.1. The molecule has 0 saturated carbocycles. The average molecular weight is 337 g/mol. The van der Waals surface area contributed by atoms with Crippen LogP contribution in [-0.2, 0) is 10.0 Å². The average Bonchev–Trinajstić information content (AvgIpc) is 3.09. The molecule has 0 amide bonds. The van der Waals surface area contributed by atoms with Crippen LogP contribution in [0, 0.1) is 5.92 Å². The fourth-order valence-electron chi connectivity index (χ4n) is 2.72. The molecule has 1 aromatic heterocycles. The smallest absolute Gasteiger partial charge is 0.243 e. The molecule has 124 valence electrons. The van der Waals surface area contributed by atoms with E-state index in [9.17, 15) is 13.5 Å². The topological polar surface area (TPSA) is 95.7 Å². The van der Waals surface area contributed by atoms with Gasteiger partial charge in [-0.1, -0.05) is 0 Å². The predicted molar refractivity (Wildman–Crippen MR) is 83.5 cm³/mol. The van der Waals surface area contributed by atoms with Crippen LogP contribution in [0.4, 0.5) is 0 Å². The summed E-state index contributed by atoms with van der Waals surface area (Å²) in [7, 11) is -3.65. The molecule has 1 saturated heterocycles. The number of aromatic nitrogens is 2. The van der Waals surface area contributed by atoms with Gasteiger partial charge in [-0.25, -0.2) is 13.1 Å². The van der Waals surface area contributed by atoms with Crippen LogP contribution < -0.4 is 0 Å². The number of benzene rings is 1. The highest BCUT2D eigenvalue weighted by atomic mass is 32.2. The van der Waals surface area contributed by atoms with Crippen LogP contribution in [-0.4, -0.2) is 58.5 Å². The summed E-state index contributed by atoms with van der Waals surface area (Å²) in [6.45, 7) is 0.174. The molecule has 0 aliphatic carbocycles. The molecule has 1 aromatic carbocycles. The highest BCUT2D eigenvalue weighted by Gasteiger charge is 2.34. The molecule has 1 aliphatic rings. The van der Waals surface area contributed by atoms with Crippen molar-refractivity contribution in [1.29, 1.82) is 0 Å². The van der Waals surface area contributed by atoms with E-state index in [4.69, 9.17) is 5.11 Å². The molecule has 2 N–H and O–H groups in total. The third-order valence-electron chi connectivity index (χ3n) is 4.16. The highest BCUT2D eigenvalue weighted by Crippen LogP contribution is 2.24. The summed E-state index contributed by atoms with van der Waals surface area (Å²) in [4.78, 5) is 0.183. The standard InChI is InChI=1S/C15H19N3O4S/c19-11-12-6-9-17(10-15(12)20)23(21,22)14-4-2-13(3-5-14)18-8-1-7-16-18/h1-5,7-8,12,15,19-20H,6,9-11H2/t12-,15-/m1/s1. The van der Waals surface area contributed by atoms with Crippen molar-refractivity contribution in [1.82, 2.24) is 14.1 Å². The monoisotopic (exact) mass is 337 g/mol. The molecule has 0 radical (unpaired) electrons. The van der Waals surface area contributed by atoms with Gasteiger partial charge in [0.15, 0.2) is 0 Å². The molecule has 23 heavy (non-hydrogen) atoms. The first-order chi connectivity index (χ1) is 11.0. The molecule has 1 fully saturated rings. The lowest BCUT2D eigenvalue weighted by molar-refractivity contribution is 0.0222. The molecule has 3 rings (SSSR count). The van der Waals surface area contributed by atoms with Gasteiger partial charge in [0.05, 0.1) is 16.7 Å². The summed E-state index contributed by atoms with van der Waals surface area (Å²) in [6.07, 6.45) is 3.03. The number of hydrogen-bond donors (Lipinski definition) is 2. The fourth-order valence-corrected chi connectivity index (χ4v) is 4.20. The third kappa shape index (κ3) is 3.16. The molecule has 0 bridgehead atoms. The highest BCUT2D eigenvalue weighted by molar-refractivity contribution is 7.89. The van der Waals surface area contributed by atoms with E-state index in [0.717, 1.165) is 5.69 Å². The van der Waals surface area contributed by atoms with Crippen molar-refractivity contribution >= 4 is 10.0 Å². The Bertz CT molecular complexity index is 744. The van der Waals surface area contributed by atoms with E-state index < -0.39 is 16.1 Å². The van der Waals surface area contributed by atoms with Gasteiger partial charge in [0.1, 0.15) is 0 Å². The summed E-state index contributed by atoms with van der Waals surface area (Å²) < 4.78 is 28.2. The number of β-amino-alcohol motifs (C(OH)–C–C–N with tert-alkyl or cyclic N) is 1. The number of sulfonamides is 1. The van der Waals surface area contributed by atoms with E-state index in [-0.39, 0.29) is 24.0 Å². The Morgan fingerprint density at radius 3 is 2.57 bits per heavy atom. The van der Waals surface area contributed by atoms with Crippen molar-refractivity contribution in [2.45, 2.75) is 17.4 Å². The molecular weight excluding hydrogens is 318 g/mol. The minimum atomic E-state index is -3.65. The summed E-state index contributed by atoms with van der Waals surface area (Å²) in [5.74, 6) is -0.261. The van der Waals surface area contributed by atoms with Crippen molar-refractivity contribution in [3.05, 3.63) is 42.7 Å². The molecule has 7 nitrogen and oxygen atoms in total. The van der Waals surface area contributed by atoms with Crippen LogP contribution in [0.1, 0.15) is 6.42 Å². The van der Waals surface area contributed by atoms with Gasteiger partial charge in [-0.3, -0.25) is 0 Å². The first-order valence-corrected chi connectivity index (χ1v) is 8.85. The van der Waals surface area contributed by atoms with Crippen molar-refractivity contribution in [2.75, 3.05) is 19.7 Å². The van der Waals surface area contributed by atoms with Gasteiger partial charge >= 0.3 is 0 Å². The SMILES string of the molecule is O=S(=O)(c1ccc(-n2cccn2)cc1)N1CC[C@H](CO)[C@H](O)C1. The second-order valence-electron chi connectivity index (χ2n) is 5.61. The summed E-state index contributed by atoms with van der Waals surface area (Å²) >= 11 is 0. The molecule has 8 heteroatoms. The number of piperidine rings is 1. The van der Waals surface area contributed by atoms with Gasteiger partial charge in [0.25, 0.3) is 0 Å². The van der Waals surface area contributed by atoms with Crippen molar-refractivity contribution in [2.24, 2.45) is 5.92 Å². The van der Waals surface area contributed by atoms with Crippen LogP contribution in [0.3, 0.4) is 0 Å². The van der Waals surface area contributed by atoms with Crippen LogP contribution in [0.25, 0.3) is 5.69 Å². The lowest BCUT2D eigenvalue weighted by Gasteiger charge is -2.34. The summed E-state index contributed by atoms with van der Waals surface area (Å²) in [5, 5.41) is 23.2. The van der Waals surface area contributed by atoms with Crippen LogP contribution in [0.5, 0.6) is 0 Å². The van der Waals surface area contributed by atoms with Crippen molar-refractivity contribution in [3.8, 4) is 5.69 Å². The molecule has 0 unspecified atom stereocenters. The second-order valence-corrected chi connectivity index (χ2v) is 7.54. The molecular formula is C15H19N3O4S. The Hall–Kier alpha value is -1.74. The molecule has 0 spiro atoms. The van der Waals surface area contributed by atoms with E-state index in [1.807, 2.05) is 0 Å². The number of nitrogens with zero attached hydrogens (tertiary/aromatic N) is 3.